The molecule has 21 heavy (non-hydrogen) atoms. The minimum atomic E-state index is -4.47. The maximum absolute atomic E-state index is 12.8. The van der Waals surface area contributed by atoms with Crippen LogP contribution in [0.1, 0.15) is 31.1 Å². The molecule has 2 heterocycles. The molecule has 0 spiro atoms. The van der Waals surface area contributed by atoms with Crippen molar-refractivity contribution in [2.24, 2.45) is 5.73 Å². The molecule has 0 saturated heterocycles. The van der Waals surface area contributed by atoms with Crippen molar-refractivity contribution in [3.05, 3.63) is 35.8 Å². The van der Waals surface area contributed by atoms with E-state index in [1.807, 2.05) is 0 Å². The molecule has 2 N–H and O–H groups in total. The molecule has 4 nitrogen and oxygen atoms in total. The summed E-state index contributed by atoms with van der Waals surface area (Å²) in [4.78, 5) is 7.80. The zero-order valence-corrected chi connectivity index (χ0v) is 12.4. The molecule has 0 aliphatic rings. The van der Waals surface area contributed by atoms with Gasteiger partial charge in [-0.05, 0) is 25.5 Å². The Morgan fingerprint density at radius 1 is 1.29 bits per heavy atom. The van der Waals surface area contributed by atoms with Crippen molar-refractivity contribution in [2.45, 2.75) is 32.6 Å². The molecule has 0 bridgehead atoms. The molecule has 0 amide bonds. The number of hydrogen-bond donors (Lipinski definition) is 1. The van der Waals surface area contributed by atoms with Crippen molar-refractivity contribution in [1.82, 2.24) is 14.5 Å². The van der Waals surface area contributed by atoms with Gasteiger partial charge in [-0.3, -0.25) is 4.98 Å². The third-order valence-corrected chi connectivity index (χ3v) is 2.87. The Labute approximate surface area is 126 Å². The van der Waals surface area contributed by atoms with Crippen LogP contribution in [0.4, 0.5) is 13.2 Å². The lowest BCUT2D eigenvalue weighted by molar-refractivity contribution is -0.140. The van der Waals surface area contributed by atoms with E-state index in [1.54, 1.807) is 32.2 Å². The number of nitrogens with two attached hydrogens (primary N) is 1. The average molecular weight is 321 g/mol. The van der Waals surface area contributed by atoms with E-state index >= 15 is 0 Å². The van der Waals surface area contributed by atoms with Crippen LogP contribution in [0.25, 0.3) is 11.5 Å². The number of alkyl halides is 3. The van der Waals surface area contributed by atoms with Crippen LogP contribution in [0.5, 0.6) is 0 Å². The fraction of sp³-hybridized carbons (Fsp3) is 0.385. The Morgan fingerprint density at radius 2 is 1.95 bits per heavy atom. The molecular weight excluding hydrogens is 305 g/mol. The lowest BCUT2D eigenvalue weighted by Crippen LogP contribution is -2.05. The lowest BCUT2D eigenvalue weighted by atomic mass is 10.2. The number of aromatic nitrogens is 3. The highest BCUT2D eigenvalue weighted by molar-refractivity contribution is 5.85. The topological polar surface area (TPSA) is 56.7 Å². The number of rotatable bonds is 3. The molecule has 0 unspecified atom stereocenters. The van der Waals surface area contributed by atoms with Gasteiger partial charge in [-0.1, -0.05) is 6.07 Å². The Bertz CT molecular complexity index is 590. The molecule has 0 saturated carbocycles. The van der Waals surface area contributed by atoms with Crippen LogP contribution in [0.3, 0.4) is 0 Å². The summed E-state index contributed by atoms with van der Waals surface area (Å²) in [5.74, 6) is 0.205. The first kappa shape index (κ1) is 17.5. The second-order valence-corrected chi connectivity index (χ2v) is 4.70. The van der Waals surface area contributed by atoms with E-state index in [1.165, 1.54) is 4.57 Å². The summed E-state index contributed by atoms with van der Waals surface area (Å²) >= 11 is 0. The summed E-state index contributed by atoms with van der Waals surface area (Å²) in [6, 6.07) is 3.21. The van der Waals surface area contributed by atoms with Crippen molar-refractivity contribution >= 4 is 12.4 Å². The first-order valence-electron chi connectivity index (χ1n) is 6.14. The van der Waals surface area contributed by atoms with Gasteiger partial charge >= 0.3 is 6.18 Å². The van der Waals surface area contributed by atoms with Gasteiger partial charge in [0.25, 0.3) is 0 Å². The van der Waals surface area contributed by atoms with E-state index < -0.39 is 11.9 Å². The van der Waals surface area contributed by atoms with E-state index in [0.29, 0.717) is 12.2 Å². The van der Waals surface area contributed by atoms with Crippen LogP contribution < -0.4 is 5.73 Å². The molecule has 0 fully saturated rings. The summed E-state index contributed by atoms with van der Waals surface area (Å²) in [6.07, 6.45) is -1.91. The number of imidazole rings is 1. The predicted molar refractivity (Wildman–Crippen MR) is 76.0 cm³/mol. The minimum Gasteiger partial charge on any atom is -0.327 e. The highest BCUT2D eigenvalue weighted by atomic mass is 35.5. The first-order valence-corrected chi connectivity index (χ1v) is 6.14. The molecule has 0 atom stereocenters. The predicted octanol–water partition coefficient (Wildman–Crippen LogP) is 3.43. The first-order chi connectivity index (χ1) is 9.32. The molecule has 8 heteroatoms. The zero-order chi connectivity index (χ0) is 14.9. The normalized spacial score (nSPS) is 11.6. The van der Waals surface area contributed by atoms with Crippen molar-refractivity contribution in [3.8, 4) is 11.5 Å². The second-order valence-electron chi connectivity index (χ2n) is 4.70. The van der Waals surface area contributed by atoms with E-state index in [9.17, 15) is 13.2 Å². The highest BCUT2D eigenvalue weighted by Crippen LogP contribution is 2.31. The van der Waals surface area contributed by atoms with Gasteiger partial charge in [-0.2, -0.15) is 13.2 Å². The van der Waals surface area contributed by atoms with Crippen LogP contribution in [-0.4, -0.2) is 14.5 Å². The Hall–Kier alpha value is -1.60. The maximum atomic E-state index is 12.8. The van der Waals surface area contributed by atoms with E-state index in [2.05, 4.69) is 9.97 Å². The van der Waals surface area contributed by atoms with Crippen LogP contribution >= 0.6 is 12.4 Å². The van der Waals surface area contributed by atoms with Crippen LogP contribution in [-0.2, 0) is 12.7 Å². The largest absolute Gasteiger partial charge is 0.434 e. The monoisotopic (exact) mass is 320 g/mol. The molecule has 0 radical (unpaired) electrons. The zero-order valence-electron chi connectivity index (χ0n) is 11.6. The lowest BCUT2D eigenvalue weighted by Gasteiger charge is -2.10. The van der Waals surface area contributed by atoms with E-state index in [0.717, 1.165) is 11.8 Å². The number of halogens is 4. The Kier molecular flexibility index (Phi) is 5.36. The van der Waals surface area contributed by atoms with Gasteiger partial charge < -0.3 is 10.3 Å². The second kappa shape index (κ2) is 6.44. The molecule has 0 aliphatic heterocycles. The molecule has 0 aromatic carbocycles. The van der Waals surface area contributed by atoms with Gasteiger partial charge in [0, 0.05) is 25.0 Å². The third kappa shape index (κ3) is 3.74. The highest BCUT2D eigenvalue weighted by Gasteiger charge is 2.35. The number of hydrogen-bond acceptors (Lipinski definition) is 3. The van der Waals surface area contributed by atoms with Crippen LogP contribution in [0.2, 0.25) is 0 Å². The SMILES string of the molecule is CC(C)n1cc(C(F)(F)F)nc1-c1ccc(CN)cn1.Cl. The number of pyridine rings is 1. The summed E-state index contributed by atoms with van der Waals surface area (Å²) in [6.45, 7) is 3.92. The molecular formula is C13H16ClF3N4. The quantitative estimate of drug-likeness (QED) is 0.942. The summed E-state index contributed by atoms with van der Waals surface area (Å²) in [7, 11) is 0. The standard InChI is InChI=1S/C13H15F3N4.ClH/c1-8(2)20-7-11(13(14,15)16)19-12(20)10-4-3-9(5-17)6-18-10;/h3-4,6-8H,5,17H2,1-2H3;1H. The maximum Gasteiger partial charge on any atom is 0.434 e. The van der Waals surface area contributed by atoms with Gasteiger partial charge in [0.2, 0.25) is 0 Å². The van der Waals surface area contributed by atoms with Crippen molar-refractivity contribution in [3.63, 3.8) is 0 Å². The van der Waals surface area contributed by atoms with Gasteiger partial charge in [-0.15, -0.1) is 12.4 Å². The smallest absolute Gasteiger partial charge is 0.327 e. The fourth-order valence-corrected chi connectivity index (χ4v) is 1.79. The molecule has 2 rings (SSSR count). The van der Waals surface area contributed by atoms with Gasteiger partial charge in [0.15, 0.2) is 11.5 Å². The summed E-state index contributed by atoms with van der Waals surface area (Å²) in [5, 5.41) is 0. The van der Waals surface area contributed by atoms with Crippen molar-refractivity contribution in [1.29, 1.82) is 0 Å². The molecule has 2 aromatic rings. The van der Waals surface area contributed by atoms with Gasteiger partial charge in [0.05, 0.1) is 0 Å². The summed E-state index contributed by atoms with van der Waals surface area (Å²) < 4.78 is 39.8. The van der Waals surface area contributed by atoms with Gasteiger partial charge in [0.1, 0.15) is 5.69 Å². The number of nitrogens with zero attached hydrogens (tertiary/aromatic N) is 3. The average Bonchev–Trinajstić information content (AvgIpc) is 2.84. The van der Waals surface area contributed by atoms with Crippen LogP contribution in [0.15, 0.2) is 24.5 Å². The van der Waals surface area contributed by atoms with Gasteiger partial charge in [-0.25, -0.2) is 4.98 Å². The van der Waals surface area contributed by atoms with E-state index in [-0.39, 0.29) is 24.3 Å². The van der Waals surface area contributed by atoms with Crippen molar-refractivity contribution < 1.29 is 13.2 Å². The van der Waals surface area contributed by atoms with E-state index in [4.69, 9.17) is 5.73 Å². The summed E-state index contributed by atoms with van der Waals surface area (Å²) in [5.41, 5.74) is 5.76. The fourth-order valence-electron chi connectivity index (χ4n) is 1.79. The van der Waals surface area contributed by atoms with Crippen LogP contribution in [0, 0.1) is 0 Å². The Balaban J connectivity index is 0.00000220. The molecule has 116 valence electrons. The Morgan fingerprint density at radius 3 is 2.38 bits per heavy atom. The molecule has 0 aliphatic carbocycles. The minimum absolute atomic E-state index is 0. The third-order valence-electron chi connectivity index (χ3n) is 2.87. The van der Waals surface area contributed by atoms with Crippen molar-refractivity contribution in [2.75, 3.05) is 0 Å². The molecule has 2 aromatic heterocycles.